The first-order valence-corrected chi connectivity index (χ1v) is 14.7. The van der Waals surface area contributed by atoms with Gasteiger partial charge in [0.1, 0.15) is 17.1 Å². The quantitative estimate of drug-likeness (QED) is 0.187. The second kappa shape index (κ2) is 14.0. The third-order valence-electron chi connectivity index (χ3n) is 4.85. The van der Waals surface area contributed by atoms with E-state index in [1.54, 1.807) is 18.4 Å². The maximum absolute atomic E-state index is 12.9. The molecule has 1 saturated heterocycles. The summed E-state index contributed by atoms with van der Waals surface area (Å²) in [5.74, 6) is -2.95. The topological polar surface area (TPSA) is 161 Å². The molecule has 12 nitrogen and oxygen atoms in total. The highest BCUT2D eigenvalue weighted by atomic mass is 32.2. The first kappa shape index (κ1) is 31.6. The lowest BCUT2D eigenvalue weighted by Gasteiger charge is -2.44. The smallest absolute Gasteiger partial charge is 0.303 e. The van der Waals surface area contributed by atoms with Gasteiger partial charge in [-0.05, 0) is 25.3 Å². The van der Waals surface area contributed by atoms with Crippen LogP contribution in [0.3, 0.4) is 0 Å². The first-order chi connectivity index (χ1) is 17.7. The van der Waals surface area contributed by atoms with E-state index in [2.05, 4.69) is 4.40 Å². The molecule has 38 heavy (non-hydrogen) atoms. The van der Waals surface area contributed by atoms with Crippen LogP contribution in [0.4, 0.5) is 0 Å². The lowest BCUT2D eigenvalue weighted by molar-refractivity contribution is -0.237. The molecule has 0 N–H and O–H groups in total. The van der Waals surface area contributed by atoms with Crippen molar-refractivity contribution in [1.82, 2.24) is 0 Å². The Morgan fingerprint density at radius 2 is 1.39 bits per heavy atom. The van der Waals surface area contributed by atoms with E-state index < -0.39 is 70.4 Å². The Labute approximate surface area is 229 Å². The van der Waals surface area contributed by atoms with E-state index in [-0.39, 0.29) is 9.27 Å². The summed E-state index contributed by atoms with van der Waals surface area (Å²) in [5, 5.41) is 0. The zero-order chi connectivity index (χ0) is 28.6. The van der Waals surface area contributed by atoms with Gasteiger partial charge >= 0.3 is 23.9 Å². The van der Waals surface area contributed by atoms with Gasteiger partial charge in [-0.25, -0.2) is 0 Å². The molecule has 0 saturated carbocycles. The highest BCUT2D eigenvalue weighted by Gasteiger charge is 2.52. The monoisotopic (exact) mass is 591 g/mol. The normalized spacial score (nSPS) is 23.7. The van der Waals surface area contributed by atoms with E-state index in [1.165, 1.54) is 12.1 Å². The van der Waals surface area contributed by atoms with Crippen molar-refractivity contribution in [3.8, 4) is 0 Å². The second-order valence-corrected chi connectivity index (χ2v) is 11.8. The highest BCUT2D eigenvalue weighted by Crippen LogP contribution is 2.37. The van der Waals surface area contributed by atoms with Gasteiger partial charge in [-0.2, -0.15) is 8.42 Å². The summed E-state index contributed by atoms with van der Waals surface area (Å²) >= 11 is 1.78. The van der Waals surface area contributed by atoms with Crippen molar-refractivity contribution < 1.29 is 51.3 Å². The Balaban J connectivity index is 2.52. The molecule has 15 heteroatoms. The minimum atomic E-state index is -4.11. The average Bonchev–Trinajstić information content (AvgIpc) is 2.80. The molecule has 1 aliphatic rings. The molecule has 1 fully saturated rings. The highest BCUT2D eigenvalue weighted by molar-refractivity contribution is 8.39. The third-order valence-corrected chi connectivity index (χ3v) is 8.51. The number of sulfonamides is 1. The largest absolute Gasteiger partial charge is 0.463 e. The standard InChI is InChI=1S/C23H29NO11S3/c1-12-7-9-17(10-8-12)38(29,30)24-23(36-6)37-22-21(34-16(5)28)20(33-15(4)27)19(32-14(3)26)18(35-22)11-31-13(2)25/h7-10,18-22H,11H2,1-6H3. The SMILES string of the molecule is CSC(=NS(=O)(=O)c1ccc(C)cc1)SC1OC(COC(C)=O)C(OC(C)=O)C(OC(C)=O)C1OC(C)=O. The van der Waals surface area contributed by atoms with E-state index in [1.807, 2.05) is 6.92 Å². The van der Waals surface area contributed by atoms with Gasteiger partial charge in [0, 0.05) is 27.7 Å². The van der Waals surface area contributed by atoms with Crippen LogP contribution in [-0.4, -0.2) is 79.4 Å². The molecule has 5 unspecified atom stereocenters. The molecule has 1 aromatic carbocycles. The number of hydrogen-bond acceptors (Lipinski definition) is 13. The van der Waals surface area contributed by atoms with Gasteiger partial charge in [0.25, 0.3) is 10.0 Å². The first-order valence-electron chi connectivity index (χ1n) is 11.2. The van der Waals surface area contributed by atoms with Crippen molar-refractivity contribution >= 4 is 61.8 Å². The molecule has 0 amide bonds. The van der Waals surface area contributed by atoms with Crippen LogP contribution in [0.1, 0.15) is 33.3 Å². The Kier molecular flexibility index (Phi) is 11.6. The number of carbonyl (C=O) groups excluding carboxylic acids is 4. The van der Waals surface area contributed by atoms with Crippen LogP contribution in [-0.2, 0) is 52.9 Å². The van der Waals surface area contributed by atoms with Gasteiger partial charge < -0.3 is 23.7 Å². The van der Waals surface area contributed by atoms with E-state index in [9.17, 15) is 27.6 Å². The number of aryl methyl sites for hydroxylation is 1. The number of hydrogen-bond donors (Lipinski definition) is 0. The fraction of sp³-hybridized carbons (Fsp3) is 0.522. The number of ether oxygens (including phenoxy) is 5. The molecular formula is C23H29NO11S3. The Morgan fingerprint density at radius 3 is 1.89 bits per heavy atom. The van der Waals surface area contributed by atoms with Gasteiger partial charge in [0.2, 0.25) is 0 Å². The molecule has 1 aliphatic heterocycles. The van der Waals surface area contributed by atoms with E-state index >= 15 is 0 Å². The van der Waals surface area contributed by atoms with Gasteiger partial charge in [-0.3, -0.25) is 19.2 Å². The summed E-state index contributed by atoms with van der Waals surface area (Å²) in [4.78, 5) is 47.2. The second-order valence-electron chi connectivity index (χ2n) is 8.03. The Bertz CT molecular complexity index is 1170. The lowest BCUT2D eigenvalue weighted by Crippen LogP contribution is -2.61. The fourth-order valence-corrected chi connectivity index (χ4v) is 6.60. The minimum Gasteiger partial charge on any atom is -0.463 e. The van der Waals surface area contributed by atoms with Crippen molar-refractivity contribution in [2.24, 2.45) is 4.40 Å². The van der Waals surface area contributed by atoms with Gasteiger partial charge in [0.15, 0.2) is 23.7 Å². The Morgan fingerprint density at radius 1 is 0.868 bits per heavy atom. The predicted molar refractivity (Wildman–Crippen MR) is 139 cm³/mol. The molecule has 1 aromatic rings. The minimum absolute atomic E-state index is 0.0199. The van der Waals surface area contributed by atoms with Gasteiger partial charge in [0.05, 0.1) is 4.90 Å². The molecule has 0 aliphatic carbocycles. The average molecular weight is 592 g/mol. The number of rotatable bonds is 8. The van der Waals surface area contributed by atoms with Crippen molar-refractivity contribution in [3.63, 3.8) is 0 Å². The lowest BCUT2D eigenvalue weighted by atomic mass is 9.99. The van der Waals surface area contributed by atoms with Crippen LogP contribution >= 0.6 is 23.5 Å². The summed E-state index contributed by atoms with van der Waals surface area (Å²) < 4.78 is 56.9. The zero-order valence-electron chi connectivity index (χ0n) is 21.6. The molecule has 5 atom stereocenters. The predicted octanol–water partition coefficient (Wildman–Crippen LogP) is 2.22. The van der Waals surface area contributed by atoms with E-state index in [0.29, 0.717) is 0 Å². The van der Waals surface area contributed by atoms with Crippen LogP contribution in [0.25, 0.3) is 0 Å². The molecule has 2 rings (SSSR count). The molecule has 210 valence electrons. The van der Waals surface area contributed by atoms with Crippen LogP contribution in [0, 0.1) is 6.92 Å². The number of nitrogens with zero attached hydrogens (tertiary/aromatic N) is 1. The Hall–Kier alpha value is -2.62. The van der Waals surface area contributed by atoms with Crippen LogP contribution in [0.15, 0.2) is 33.6 Å². The van der Waals surface area contributed by atoms with Gasteiger partial charge in [-0.1, -0.05) is 29.5 Å². The summed E-state index contributed by atoms with van der Waals surface area (Å²) in [5.41, 5.74) is -0.333. The molecule has 0 spiro atoms. The molecule has 0 bridgehead atoms. The summed E-state index contributed by atoms with van der Waals surface area (Å²) in [6, 6.07) is 6.11. The summed E-state index contributed by atoms with van der Waals surface area (Å²) in [7, 11) is -4.11. The number of carbonyl (C=O) groups is 4. The molecule has 0 aromatic heterocycles. The summed E-state index contributed by atoms with van der Waals surface area (Å²) in [6.45, 7) is 5.91. The maximum atomic E-state index is 12.9. The van der Waals surface area contributed by atoms with Crippen LogP contribution < -0.4 is 0 Å². The van der Waals surface area contributed by atoms with Crippen molar-refractivity contribution in [2.75, 3.05) is 12.9 Å². The molecular weight excluding hydrogens is 562 g/mol. The van der Waals surface area contributed by atoms with Crippen LogP contribution in [0.2, 0.25) is 0 Å². The molecule has 1 heterocycles. The van der Waals surface area contributed by atoms with Gasteiger partial charge in [-0.15, -0.1) is 16.2 Å². The number of esters is 4. The van der Waals surface area contributed by atoms with Crippen molar-refractivity contribution in [1.29, 1.82) is 0 Å². The third kappa shape index (κ3) is 9.29. The van der Waals surface area contributed by atoms with E-state index in [4.69, 9.17) is 23.7 Å². The number of benzene rings is 1. The molecule has 0 radical (unpaired) electrons. The number of thioether (sulfide) groups is 2. The summed E-state index contributed by atoms with van der Waals surface area (Å²) in [6.07, 6.45) is -3.61. The maximum Gasteiger partial charge on any atom is 0.303 e. The van der Waals surface area contributed by atoms with Crippen molar-refractivity contribution in [3.05, 3.63) is 29.8 Å². The fourth-order valence-electron chi connectivity index (χ4n) is 3.35. The van der Waals surface area contributed by atoms with Crippen LogP contribution in [0.5, 0.6) is 0 Å². The zero-order valence-corrected chi connectivity index (χ0v) is 24.0. The van der Waals surface area contributed by atoms with E-state index in [0.717, 1.165) is 56.8 Å². The van der Waals surface area contributed by atoms with Crippen molar-refractivity contribution in [2.45, 2.75) is 69.4 Å².